The summed E-state index contributed by atoms with van der Waals surface area (Å²) in [5.74, 6) is -1.31. The number of hydrogen-bond acceptors (Lipinski definition) is 5. The van der Waals surface area contributed by atoms with Crippen molar-refractivity contribution in [2.45, 2.75) is 5.97 Å². The largest absolute Gasteiger partial charge is 0.394 e. The van der Waals surface area contributed by atoms with E-state index in [1.807, 2.05) is 0 Å². The van der Waals surface area contributed by atoms with Gasteiger partial charge in [-0.15, -0.1) is 0 Å². The summed E-state index contributed by atoms with van der Waals surface area (Å²) in [6.45, 7) is 3.44. The fourth-order valence-electron chi connectivity index (χ4n) is 0.737. The zero-order valence-electron chi connectivity index (χ0n) is 7.73. The van der Waals surface area contributed by atoms with Gasteiger partial charge >= 0.3 is 0 Å². The summed E-state index contributed by atoms with van der Waals surface area (Å²) in [6, 6.07) is 0. The molecule has 6 heteroatoms. The van der Waals surface area contributed by atoms with Crippen molar-refractivity contribution in [2.75, 3.05) is 26.4 Å². The minimum Gasteiger partial charge on any atom is -0.394 e. The van der Waals surface area contributed by atoms with Gasteiger partial charge in [0.15, 0.2) is 10.5 Å². The van der Waals surface area contributed by atoms with Gasteiger partial charge in [-0.1, -0.05) is 6.58 Å². The maximum absolute atomic E-state index is 8.54. The molecule has 0 saturated carbocycles. The highest BCUT2D eigenvalue weighted by atomic mass is 28.2. The van der Waals surface area contributed by atoms with E-state index in [1.54, 1.807) is 0 Å². The highest BCUT2D eigenvalue weighted by Crippen LogP contribution is 2.14. The zero-order valence-corrected chi connectivity index (χ0v) is 9.73. The summed E-state index contributed by atoms with van der Waals surface area (Å²) in [4.78, 5) is 0. The highest BCUT2D eigenvalue weighted by Gasteiger charge is 2.26. The highest BCUT2D eigenvalue weighted by molar-refractivity contribution is 5.98. The monoisotopic (exact) mass is 208 g/mol. The molecule has 2 N–H and O–H groups in total. The molecule has 0 aliphatic heterocycles. The summed E-state index contributed by atoms with van der Waals surface area (Å²) in [7, 11) is 0.405. The third-order valence-corrected chi connectivity index (χ3v) is 1.89. The molecule has 0 saturated heterocycles. The van der Waals surface area contributed by atoms with E-state index in [-0.39, 0.29) is 26.4 Å². The van der Waals surface area contributed by atoms with E-state index >= 15 is 0 Å². The van der Waals surface area contributed by atoms with Gasteiger partial charge in [0.25, 0.3) is 5.97 Å². The molecule has 0 amide bonds. The van der Waals surface area contributed by atoms with Crippen LogP contribution < -0.4 is 0 Å². The topological polar surface area (TPSA) is 68.2 Å². The third kappa shape index (κ3) is 4.51. The Balaban J connectivity index is 4.04. The Morgan fingerprint density at radius 1 is 1.23 bits per heavy atom. The zero-order chi connectivity index (χ0) is 10.2. The quantitative estimate of drug-likeness (QED) is 0.278. The molecule has 0 rings (SSSR count). The predicted octanol–water partition coefficient (Wildman–Crippen LogP) is -1.86. The molecule has 0 heterocycles. The minimum atomic E-state index is -1.31. The average Bonchev–Trinajstić information content (AvgIpc) is 2.20. The van der Waals surface area contributed by atoms with Crippen LogP contribution in [0.15, 0.2) is 12.7 Å². The lowest BCUT2D eigenvalue weighted by Gasteiger charge is -2.28. The lowest BCUT2D eigenvalue weighted by Crippen LogP contribution is -2.38. The number of rotatable bonds is 8. The number of aliphatic hydroxyl groups excluding tert-OH is 2. The standard InChI is InChI=1S/C7H16O5Si/c1-2-7(12-13,10-5-3-8)11-6-4-9/h2,8-9H,1,3-6H2,13H3. The second-order valence-corrected chi connectivity index (χ2v) is 2.56. The first kappa shape index (κ1) is 12.8. The lowest BCUT2D eigenvalue weighted by atomic mass is 10.5. The van der Waals surface area contributed by atoms with Crippen LogP contribution in [0.2, 0.25) is 0 Å². The van der Waals surface area contributed by atoms with E-state index in [0.29, 0.717) is 10.5 Å². The van der Waals surface area contributed by atoms with Crippen molar-refractivity contribution in [3.8, 4) is 0 Å². The normalized spacial score (nSPS) is 11.8. The van der Waals surface area contributed by atoms with Crippen molar-refractivity contribution in [1.82, 2.24) is 0 Å². The Kier molecular flexibility index (Phi) is 7.05. The van der Waals surface area contributed by atoms with Crippen molar-refractivity contribution in [3.63, 3.8) is 0 Å². The number of aliphatic hydroxyl groups is 2. The van der Waals surface area contributed by atoms with Crippen LogP contribution in [0.3, 0.4) is 0 Å². The van der Waals surface area contributed by atoms with E-state index in [4.69, 9.17) is 24.1 Å². The molecule has 5 nitrogen and oxygen atoms in total. The van der Waals surface area contributed by atoms with Crippen LogP contribution in [-0.2, 0) is 13.9 Å². The summed E-state index contributed by atoms with van der Waals surface area (Å²) < 4.78 is 15.2. The van der Waals surface area contributed by atoms with Crippen LogP contribution in [0, 0.1) is 0 Å². The van der Waals surface area contributed by atoms with Crippen LogP contribution in [0.4, 0.5) is 0 Å². The van der Waals surface area contributed by atoms with Crippen molar-refractivity contribution >= 4 is 10.5 Å². The van der Waals surface area contributed by atoms with Gasteiger partial charge in [0.05, 0.1) is 26.4 Å². The van der Waals surface area contributed by atoms with Gasteiger partial charge in [0.2, 0.25) is 0 Å². The fourth-order valence-corrected chi connectivity index (χ4v) is 1.14. The van der Waals surface area contributed by atoms with Gasteiger partial charge in [-0.3, -0.25) is 0 Å². The molecule has 0 radical (unpaired) electrons. The molecule has 0 unspecified atom stereocenters. The first-order valence-corrected chi connectivity index (χ1v) is 4.74. The molecular formula is C7H16O5Si. The molecule has 0 aliphatic rings. The number of ether oxygens (including phenoxy) is 2. The molecule has 0 fully saturated rings. The van der Waals surface area contributed by atoms with Gasteiger partial charge in [-0.05, 0) is 6.08 Å². The maximum atomic E-state index is 8.54. The molecular weight excluding hydrogens is 192 g/mol. The smallest absolute Gasteiger partial charge is 0.294 e. The minimum absolute atomic E-state index is 0.0969. The fraction of sp³-hybridized carbons (Fsp3) is 0.714. The van der Waals surface area contributed by atoms with Crippen LogP contribution >= 0.6 is 0 Å². The lowest BCUT2D eigenvalue weighted by molar-refractivity contribution is -0.314. The summed E-state index contributed by atoms with van der Waals surface area (Å²) >= 11 is 0. The van der Waals surface area contributed by atoms with E-state index in [1.165, 1.54) is 6.08 Å². The second-order valence-electron chi connectivity index (χ2n) is 2.16. The van der Waals surface area contributed by atoms with E-state index < -0.39 is 5.97 Å². The van der Waals surface area contributed by atoms with Gasteiger partial charge in [0.1, 0.15) is 0 Å². The Labute approximate surface area is 80.5 Å². The van der Waals surface area contributed by atoms with Crippen molar-refractivity contribution in [2.24, 2.45) is 0 Å². The molecule has 0 spiro atoms. The Morgan fingerprint density at radius 3 is 1.92 bits per heavy atom. The van der Waals surface area contributed by atoms with Gasteiger partial charge in [0, 0.05) is 0 Å². The van der Waals surface area contributed by atoms with Gasteiger partial charge < -0.3 is 24.1 Å². The molecule has 0 aromatic rings. The van der Waals surface area contributed by atoms with Crippen LogP contribution in [0.1, 0.15) is 0 Å². The SMILES string of the molecule is C=CC(O[SiH3])(OCCO)OCCO. The molecule has 0 aromatic heterocycles. The molecule has 78 valence electrons. The van der Waals surface area contributed by atoms with E-state index in [0.717, 1.165) is 0 Å². The number of hydrogen-bond donors (Lipinski definition) is 2. The third-order valence-electron chi connectivity index (χ3n) is 1.32. The predicted molar refractivity (Wildman–Crippen MR) is 50.0 cm³/mol. The first-order valence-electron chi connectivity index (χ1n) is 3.93. The Bertz CT molecular complexity index is 133. The van der Waals surface area contributed by atoms with E-state index in [9.17, 15) is 0 Å². The van der Waals surface area contributed by atoms with Crippen molar-refractivity contribution in [3.05, 3.63) is 12.7 Å². The molecule has 0 bridgehead atoms. The average molecular weight is 208 g/mol. The van der Waals surface area contributed by atoms with E-state index in [2.05, 4.69) is 6.58 Å². The Morgan fingerprint density at radius 2 is 1.69 bits per heavy atom. The summed E-state index contributed by atoms with van der Waals surface area (Å²) in [5, 5.41) is 17.1. The summed E-state index contributed by atoms with van der Waals surface area (Å²) in [6.07, 6.45) is 1.35. The maximum Gasteiger partial charge on any atom is 0.294 e. The first-order chi connectivity index (χ1) is 6.24. The molecule has 0 aliphatic carbocycles. The Hall–Kier alpha value is -0.243. The van der Waals surface area contributed by atoms with Crippen molar-refractivity contribution in [1.29, 1.82) is 0 Å². The molecule has 0 aromatic carbocycles. The van der Waals surface area contributed by atoms with Gasteiger partial charge in [-0.2, -0.15) is 0 Å². The second kappa shape index (κ2) is 7.19. The summed E-state index contributed by atoms with van der Waals surface area (Å²) in [5.41, 5.74) is 0. The molecule has 13 heavy (non-hydrogen) atoms. The molecule has 0 atom stereocenters. The van der Waals surface area contributed by atoms with Crippen LogP contribution in [0.25, 0.3) is 0 Å². The van der Waals surface area contributed by atoms with Crippen LogP contribution in [0.5, 0.6) is 0 Å². The van der Waals surface area contributed by atoms with Crippen LogP contribution in [-0.4, -0.2) is 53.1 Å². The van der Waals surface area contributed by atoms with Gasteiger partial charge in [-0.25, -0.2) is 0 Å². The van der Waals surface area contributed by atoms with Crippen molar-refractivity contribution < 1.29 is 24.1 Å².